The number of carbonyl (C=O) groups excluding carboxylic acids is 3. The van der Waals surface area contributed by atoms with Crippen molar-refractivity contribution < 1.29 is 23.9 Å². The van der Waals surface area contributed by atoms with Crippen molar-refractivity contribution in [1.29, 1.82) is 0 Å². The third kappa shape index (κ3) is 5.81. The fourth-order valence-electron chi connectivity index (χ4n) is 2.94. The Morgan fingerprint density at radius 3 is 2.50 bits per heavy atom. The van der Waals surface area contributed by atoms with Crippen LogP contribution in [0.25, 0.3) is 6.08 Å². The molecule has 0 aromatic heterocycles. The molecule has 32 heavy (non-hydrogen) atoms. The van der Waals surface area contributed by atoms with E-state index in [2.05, 4.69) is 15.9 Å². The second kappa shape index (κ2) is 10.8. The molecule has 0 aliphatic carbocycles. The molecule has 1 heterocycles. The highest BCUT2D eigenvalue weighted by Crippen LogP contribution is 2.35. The number of imide groups is 1. The lowest BCUT2D eigenvalue weighted by molar-refractivity contribution is -0.122. The zero-order chi connectivity index (χ0) is 23.3. The normalized spacial score (nSPS) is 15.9. The summed E-state index contributed by atoms with van der Waals surface area (Å²) in [5.41, 5.74) is 1.14. The van der Waals surface area contributed by atoms with E-state index in [4.69, 9.17) is 9.47 Å². The topological polar surface area (TPSA) is 72.9 Å². The van der Waals surface area contributed by atoms with E-state index in [-0.39, 0.29) is 23.3 Å². The number of rotatable bonds is 9. The van der Waals surface area contributed by atoms with Crippen LogP contribution < -0.4 is 9.47 Å². The van der Waals surface area contributed by atoms with E-state index in [1.165, 1.54) is 0 Å². The summed E-state index contributed by atoms with van der Waals surface area (Å²) in [4.78, 5) is 39.0. The number of amides is 2. The Labute approximate surface area is 200 Å². The van der Waals surface area contributed by atoms with Gasteiger partial charge in [-0.25, -0.2) is 0 Å². The number of hydrogen-bond acceptors (Lipinski definition) is 6. The van der Waals surface area contributed by atoms with Crippen molar-refractivity contribution in [1.82, 2.24) is 4.90 Å². The van der Waals surface area contributed by atoms with Gasteiger partial charge in [0.1, 0.15) is 0 Å². The van der Waals surface area contributed by atoms with E-state index in [1.54, 1.807) is 48.5 Å². The Morgan fingerprint density at radius 2 is 1.84 bits per heavy atom. The highest BCUT2D eigenvalue weighted by Gasteiger charge is 2.36. The maximum atomic E-state index is 12.8. The number of thioether (sulfide) groups is 1. The molecule has 0 unspecified atom stereocenters. The first kappa shape index (κ1) is 24.1. The molecule has 1 fully saturated rings. The van der Waals surface area contributed by atoms with Crippen molar-refractivity contribution in [3.63, 3.8) is 0 Å². The zero-order valence-electron chi connectivity index (χ0n) is 18.1. The van der Waals surface area contributed by atoms with Gasteiger partial charge in [-0.05, 0) is 67.9 Å². The molecule has 0 radical (unpaired) electrons. The van der Waals surface area contributed by atoms with Gasteiger partial charge < -0.3 is 9.47 Å². The summed E-state index contributed by atoms with van der Waals surface area (Å²) in [6.45, 7) is 6.07. The maximum Gasteiger partial charge on any atom is 0.293 e. The smallest absolute Gasteiger partial charge is 0.293 e. The average Bonchev–Trinajstić information content (AvgIpc) is 3.03. The van der Waals surface area contributed by atoms with Crippen LogP contribution in [0.1, 0.15) is 43.1 Å². The van der Waals surface area contributed by atoms with Crippen LogP contribution in [0.2, 0.25) is 0 Å². The minimum Gasteiger partial charge on any atom is -0.490 e. The highest BCUT2D eigenvalue weighted by atomic mass is 79.9. The number of ether oxygens (including phenoxy) is 2. The number of benzene rings is 2. The molecular weight excluding hydrogens is 494 g/mol. The summed E-state index contributed by atoms with van der Waals surface area (Å²) in [6, 6.07) is 12.2. The van der Waals surface area contributed by atoms with Crippen molar-refractivity contribution in [2.75, 3.05) is 13.2 Å². The van der Waals surface area contributed by atoms with Gasteiger partial charge in [-0.3, -0.25) is 19.3 Å². The van der Waals surface area contributed by atoms with Crippen LogP contribution in [-0.2, 0) is 4.79 Å². The van der Waals surface area contributed by atoms with E-state index >= 15 is 0 Å². The van der Waals surface area contributed by atoms with E-state index in [9.17, 15) is 14.4 Å². The molecule has 1 atom stereocenters. The Hall–Kier alpha value is -2.58. The number of nitrogens with zero attached hydrogens (tertiary/aromatic N) is 1. The predicted molar refractivity (Wildman–Crippen MR) is 129 cm³/mol. The number of halogens is 1. The first-order chi connectivity index (χ1) is 15.3. The predicted octanol–water partition coefficient (Wildman–Crippen LogP) is 5.94. The van der Waals surface area contributed by atoms with E-state index < -0.39 is 11.1 Å². The molecule has 6 nitrogen and oxygen atoms in total. The minimum absolute atomic E-state index is 0.0415. The van der Waals surface area contributed by atoms with Gasteiger partial charge in [0.25, 0.3) is 11.1 Å². The fraction of sp³-hybridized carbons (Fsp3) is 0.292. The SMILES string of the molecule is CCOc1cc(/C=C2/SC(=O)N(CC(=O)c3ccc(Br)cc3)C2=O)ccc1O[C@H](C)CC. The summed E-state index contributed by atoms with van der Waals surface area (Å²) < 4.78 is 12.4. The van der Waals surface area contributed by atoms with Crippen LogP contribution in [0.5, 0.6) is 11.5 Å². The third-order valence-corrected chi connectivity index (χ3v) is 6.25. The highest BCUT2D eigenvalue weighted by molar-refractivity contribution is 9.10. The quantitative estimate of drug-likeness (QED) is 0.302. The lowest BCUT2D eigenvalue weighted by atomic mass is 10.1. The Balaban J connectivity index is 1.78. The second-order valence-electron chi connectivity index (χ2n) is 7.17. The van der Waals surface area contributed by atoms with Gasteiger partial charge in [0.05, 0.1) is 24.2 Å². The van der Waals surface area contributed by atoms with E-state index in [0.717, 1.165) is 27.6 Å². The number of ketones is 1. The first-order valence-corrected chi connectivity index (χ1v) is 11.9. The van der Waals surface area contributed by atoms with Crippen molar-refractivity contribution >= 4 is 50.7 Å². The summed E-state index contributed by atoms with van der Waals surface area (Å²) in [7, 11) is 0. The lowest BCUT2D eigenvalue weighted by Gasteiger charge is -2.16. The molecule has 1 saturated heterocycles. The summed E-state index contributed by atoms with van der Waals surface area (Å²) >= 11 is 4.14. The number of carbonyl (C=O) groups is 3. The fourth-order valence-corrected chi connectivity index (χ4v) is 4.04. The number of hydrogen-bond donors (Lipinski definition) is 0. The molecule has 1 aliphatic rings. The van der Waals surface area contributed by atoms with Crippen LogP contribution in [0, 0.1) is 0 Å². The Bertz CT molecular complexity index is 1050. The van der Waals surface area contributed by atoms with Crippen molar-refractivity contribution in [3.05, 3.63) is 63.0 Å². The lowest BCUT2D eigenvalue weighted by Crippen LogP contribution is -2.33. The first-order valence-electron chi connectivity index (χ1n) is 10.3. The Morgan fingerprint density at radius 1 is 1.12 bits per heavy atom. The number of Topliss-reactive ketones (excluding diaryl/α,β-unsaturated/α-hetero) is 1. The molecule has 168 valence electrons. The van der Waals surface area contributed by atoms with Crippen LogP contribution in [0.4, 0.5) is 4.79 Å². The molecular formula is C24H24BrNO5S. The van der Waals surface area contributed by atoms with E-state index in [1.807, 2.05) is 20.8 Å². The van der Waals surface area contributed by atoms with Crippen LogP contribution >= 0.6 is 27.7 Å². The van der Waals surface area contributed by atoms with Crippen LogP contribution in [0.15, 0.2) is 51.8 Å². The Kier molecular flexibility index (Phi) is 8.15. The second-order valence-corrected chi connectivity index (χ2v) is 9.08. The van der Waals surface area contributed by atoms with Crippen molar-refractivity contribution in [2.45, 2.75) is 33.3 Å². The third-order valence-electron chi connectivity index (χ3n) is 4.81. The standard InChI is InChI=1S/C24H24BrNO5S/c1-4-15(3)31-20-11-6-16(12-21(20)30-5-2)13-22-23(28)26(24(29)32-22)14-19(27)17-7-9-18(25)10-8-17/h6-13,15H,4-5,14H2,1-3H3/b22-13+/t15-/m1/s1. The molecule has 1 aliphatic heterocycles. The molecule has 8 heteroatoms. The van der Waals surface area contributed by atoms with Crippen molar-refractivity contribution in [3.8, 4) is 11.5 Å². The summed E-state index contributed by atoms with van der Waals surface area (Å²) in [5, 5.41) is -0.464. The largest absolute Gasteiger partial charge is 0.490 e. The molecule has 2 aromatic rings. The average molecular weight is 518 g/mol. The van der Waals surface area contributed by atoms with Gasteiger partial charge >= 0.3 is 0 Å². The maximum absolute atomic E-state index is 12.8. The van der Waals surface area contributed by atoms with Gasteiger partial charge in [-0.2, -0.15) is 0 Å². The van der Waals surface area contributed by atoms with Gasteiger partial charge in [-0.1, -0.05) is 41.1 Å². The van der Waals surface area contributed by atoms with Gasteiger partial charge in [0.2, 0.25) is 0 Å². The molecule has 0 N–H and O–H groups in total. The van der Waals surface area contributed by atoms with Crippen LogP contribution in [-0.4, -0.2) is 41.1 Å². The monoisotopic (exact) mass is 517 g/mol. The zero-order valence-corrected chi connectivity index (χ0v) is 20.5. The van der Waals surface area contributed by atoms with Crippen LogP contribution in [0.3, 0.4) is 0 Å². The molecule has 2 amide bonds. The molecule has 3 rings (SSSR count). The van der Waals surface area contributed by atoms with Gasteiger partial charge in [0.15, 0.2) is 17.3 Å². The molecule has 0 saturated carbocycles. The van der Waals surface area contributed by atoms with Crippen molar-refractivity contribution in [2.24, 2.45) is 0 Å². The van der Waals surface area contributed by atoms with E-state index in [0.29, 0.717) is 29.2 Å². The molecule has 2 aromatic carbocycles. The molecule has 0 spiro atoms. The summed E-state index contributed by atoms with van der Waals surface area (Å²) in [5.74, 6) is 0.423. The van der Waals surface area contributed by atoms with Gasteiger partial charge in [-0.15, -0.1) is 0 Å². The van der Waals surface area contributed by atoms with Gasteiger partial charge in [0, 0.05) is 10.0 Å². The minimum atomic E-state index is -0.483. The molecule has 0 bridgehead atoms. The summed E-state index contributed by atoms with van der Waals surface area (Å²) in [6.07, 6.45) is 2.53.